The minimum Gasteiger partial charge on any atom is -0.508 e. The SMILES string of the molecule is O=C(NCCc1ccc(-c2ccc(O)cc2)cc1)c1ccc2c(c1O)C13CCN(CC4CC4)C(CC2)C1CCC(O)C3. The fourth-order valence-electron chi connectivity index (χ4n) is 8.41. The summed E-state index contributed by atoms with van der Waals surface area (Å²) in [5, 5.41) is 35.3. The first-order chi connectivity index (χ1) is 20.4. The number of aliphatic hydroxyl groups excluding tert-OH is 1. The lowest BCUT2D eigenvalue weighted by molar-refractivity contribution is -0.0406. The van der Waals surface area contributed by atoms with Crippen LogP contribution in [0.2, 0.25) is 0 Å². The van der Waals surface area contributed by atoms with Crippen LogP contribution in [0, 0.1) is 11.8 Å². The molecule has 7 rings (SSSR count). The van der Waals surface area contributed by atoms with Crippen molar-refractivity contribution in [1.82, 2.24) is 10.2 Å². The first kappa shape index (κ1) is 27.5. The zero-order valence-corrected chi connectivity index (χ0v) is 24.3. The number of nitrogens with one attached hydrogen (secondary N) is 1. The fourth-order valence-corrected chi connectivity index (χ4v) is 8.41. The molecular formula is C36H42N2O4. The van der Waals surface area contributed by atoms with Gasteiger partial charge >= 0.3 is 0 Å². The molecule has 2 saturated carbocycles. The van der Waals surface area contributed by atoms with Crippen molar-refractivity contribution in [3.05, 3.63) is 82.9 Å². The largest absolute Gasteiger partial charge is 0.508 e. The van der Waals surface area contributed by atoms with Gasteiger partial charge < -0.3 is 20.6 Å². The highest BCUT2D eigenvalue weighted by molar-refractivity contribution is 5.97. The number of rotatable bonds is 7. The zero-order chi connectivity index (χ0) is 28.8. The predicted molar refractivity (Wildman–Crippen MR) is 164 cm³/mol. The lowest BCUT2D eigenvalue weighted by atomic mass is 9.56. The molecule has 3 aromatic rings. The van der Waals surface area contributed by atoms with Crippen LogP contribution in [0.1, 0.15) is 72.0 Å². The molecule has 0 spiro atoms. The number of nitrogens with zero attached hydrogens (tertiary/aromatic N) is 1. The molecule has 6 nitrogen and oxygen atoms in total. The molecule has 4 unspecified atom stereocenters. The molecule has 220 valence electrons. The Morgan fingerprint density at radius 3 is 2.38 bits per heavy atom. The molecule has 4 aliphatic rings. The van der Waals surface area contributed by atoms with E-state index in [0.717, 1.165) is 72.4 Å². The maximum Gasteiger partial charge on any atom is 0.255 e. The van der Waals surface area contributed by atoms with Crippen molar-refractivity contribution in [3.8, 4) is 22.6 Å². The van der Waals surface area contributed by atoms with E-state index >= 15 is 0 Å². The van der Waals surface area contributed by atoms with Gasteiger partial charge in [0.15, 0.2) is 0 Å². The van der Waals surface area contributed by atoms with E-state index in [-0.39, 0.29) is 28.9 Å². The monoisotopic (exact) mass is 566 g/mol. The van der Waals surface area contributed by atoms with Gasteiger partial charge in [0.05, 0.1) is 11.7 Å². The van der Waals surface area contributed by atoms with Crippen molar-refractivity contribution >= 4 is 5.91 Å². The van der Waals surface area contributed by atoms with Crippen LogP contribution in [0.5, 0.6) is 11.5 Å². The van der Waals surface area contributed by atoms with E-state index in [4.69, 9.17) is 0 Å². The molecule has 3 fully saturated rings. The van der Waals surface area contributed by atoms with E-state index in [2.05, 4.69) is 40.5 Å². The van der Waals surface area contributed by atoms with Crippen LogP contribution in [0.3, 0.4) is 0 Å². The quantitative estimate of drug-likeness (QED) is 0.300. The number of phenolic OH excluding ortho intramolecular Hbond substituents is 2. The molecule has 3 aliphatic carbocycles. The third kappa shape index (κ3) is 5.09. The standard InChI is InChI=1S/C36H42N2O4/c39-28-11-7-26(8-12-28)25-5-3-23(4-6-25)17-19-37-35(42)30-14-9-27-10-16-32-31-15-13-29(40)21-36(31,33(27)34(30)41)18-20-38(32)22-24-1-2-24/h3-9,11-12,14,24,29,31-32,39-41H,1-2,10,13,15-22H2,(H,37,42). The molecule has 0 radical (unpaired) electrons. The minimum absolute atomic E-state index is 0.138. The molecule has 0 aromatic heterocycles. The summed E-state index contributed by atoms with van der Waals surface area (Å²) in [6.45, 7) is 2.67. The highest BCUT2D eigenvalue weighted by Gasteiger charge is 2.55. The Morgan fingerprint density at radius 2 is 1.64 bits per heavy atom. The lowest BCUT2D eigenvalue weighted by Gasteiger charge is -2.56. The van der Waals surface area contributed by atoms with Crippen LogP contribution in [0.25, 0.3) is 11.1 Å². The van der Waals surface area contributed by atoms with Gasteiger partial charge in [-0.3, -0.25) is 9.69 Å². The average molecular weight is 567 g/mol. The van der Waals surface area contributed by atoms with E-state index in [9.17, 15) is 20.1 Å². The van der Waals surface area contributed by atoms with Gasteiger partial charge in [0.2, 0.25) is 0 Å². The van der Waals surface area contributed by atoms with Crippen molar-refractivity contribution in [3.63, 3.8) is 0 Å². The topological polar surface area (TPSA) is 93.0 Å². The number of phenols is 2. The van der Waals surface area contributed by atoms with Crippen molar-refractivity contribution in [2.75, 3.05) is 19.6 Å². The summed E-state index contributed by atoms with van der Waals surface area (Å²) in [6, 6.07) is 19.8. The third-order valence-electron chi connectivity index (χ3n) is 10.7. The smallest absolute Gasteiger partial charge is 0.255 e. The number of carbonyl (C=O) groups is 1. The van der Waals surface area contributed by atoms with Gasteiger partial charge in [0.1, 0.15) is 11.5 Å². The minimum atomic E-state index is -0.361. The summed E-state index contributed by atoms with van der Waals surface area (Å²) < 4.78 is 0. The first-order valence-electron chi connectivity index (χ1n) is 15.9. The Bertz CT molecular complexity index is 1450. The van der Waals surface area contributed by atoms with Crippen LogP contribution >= 0.6 is 0 Å². The summed E-state index contributed by atoms with van der Waals surface area (Å²) in [7, 11) is 0. The molecule has 6 heteroatoms. The Labute approximate surface area is 248 Å². The van der Waals surface area contributed by atoms with Gasteiger partial charge in [-0.15, -0.1) is 0 Å². The van der Waals surface area contributed by atoms with Crippen molar-refractivity contribution in [1.29, 1.82) is 0 Å². The van der Waals surface area contributed by atoms with Crippen LogP contribution in [-0.4, -0.2) is 57.9 Å². The van der Waals surface area contributed by atoms with Crippen molar-refractivity contribution in [2.45, 2.75) is 75.3 Å². The van der Waals surface area contributed by atoms with Gasteiger partial charge in [-0.1, -0.05) is 42.5 Å². The van der Waals surface area contributed by atoms with Gasteiger partial charge in [0.25, 0.3) is 5.91 Å². The second kappa shape index (κ2) is 11.1. The molecule has 2 bridgehead atoms. The van der Waals surface area contributed by atoms with Crippen molar-refractivity contribution < 1.29 is 20.1 Å². The Balaban J connectivity index is 1.08. The summed E-state index contributed by atoms with van der Waals surface area (Å²) in [5.41, 5.74) is 5.43. The van der Waals surface area contributed by atoms with Gasteiger partial charge in [-0.25, -0.2) is 0 Å². The first-order valence-corrected chi connectivity index (χ1v) is 15.9. The summed E-state index contributed by atoms with van der Waals surface area (Å²) in [5.74, 6) is 1.40. The number of piperidine rings is 1. The van der Waals surface area contributed by atoms with Gasteiger partial charge in [-0.2, -0.15) is 0 Å². The number of likely N-dealkylation sites (tertiary alicyclic amines) is 1. The Morgan fingerprint density at radius 1 is 0.905 bits per heavy atom. The number of hydrogen-bond donors (Lipinski definition) is 4. The second-order valence-corrected chi connectivity index (χ2v) is 13.2. The summed E-state index contributed by atoms with van der Waals surface area (Å²) >= 11 is 0. The van der Waals surface area contributed by atoms with Crippen LogP contribution < -0.4 is 5.32 Å². The normalized spacial score (nSPS) is 27.0. The molecule has 3 aromatic carbocycles. The summed E-state index contributed by atoms with van der Waals surface area (Å²) in [4.78, 5) is 16.1. The van der Waals surface area contributed by atoms with Crippen molar-refractivity contribution in [2.24, 2.45) is 11.8 Å². The molecule has 42 heavy (non-hydrogen) atoms. The molecule has 4 atom stereocenters. The van der Waals surface area contributed by atoms with E-state index in [0.29, 0.717) is 36.9 Å². The van der Waals surface area contributed by atoms with E-state index in [1.807, 2.05) is 12.1 Å². The van der Waals surface area contributed by atoms with Gasteiger partial charge in [0, 0.05) is 30.1 Å². The fraction of sp³-hybridized carbons (Fsp3) is 0.472. The lowest BCUT2D eigenvalue weighted by Crippen LogP contribution is -2.58. The summed E-state index contributed by atoms with van der Waals surface area (Å²) in [6.07, 6.45) is 8.43. The number of fused-ring (bicyclic) bond motifs is 1. The maximum absolute atomic E-state index is 13.4. The van der Waals surface area contributed by atoms with Crippen LogP contribution in [0.4, 0.5) is 0 Å². The van der Waals surface area contributed by atoms with E-state index < -0.39 is 0 Å². The number of benzene rings is 3. The molecule has 1 aliphatic heterocycles. The Hall–Kier alpha value is -3.35. The number of aromatic hydroxyl groups is 2. The molecular weight excluding hydrogens is 524 g/mol. The second-order valence-electron chi connectivity index (χ2n) is 13.2. The number of hydrogen-bond acceptors (Lipinski definition) is 5. The molecule has 1 amide bonds. The number of aryl methyl sites for hydroxylation is 1. The molecule has 1 saturated heterocycles. The van der Waals surface area contributed by atoms with Crippen LogP contribution in [0.15, 0.2) is 60.7 Å². The number of aliphatic hydroxyl groups is 1. The molecule has 1 heterocycles. The highest BCUT2D eigenvalue weighted by atomic mass is 16.3. The Kier molecular flexibility index (Phi) is 7.23. The van der Waals surface area contributed by atoms with E-state index in [1.165, 1.54) is 19.4 Å². The van der Waals surface area contributed by atoms with Gasteiger partial charge in [-0.05, 0) is 117 Å². The van der Waals surface area contributed by atoms with E-state index in [1.54, 1.807) is 18.2 Å². The average Bonchev–Trinajstić information content (AvgIpc) is 3.82. The zero-order valence-electron chi connectivity index (χ0n) is 24.3. The van der Waals surface area contributed by atoms with Crippen LogP contribution in [-0.2, 0) is 18.3 Å². The highest BCUT2D eigenvalue weighted by Crippen LogP contribution is 2.57. The number of amides is 1. The maximum atomic E-state index is 13.4. The number of carbonyl (C=O) groups excluding carboxylic acids is 1. The third-order valence-corrected chi connectivity index (χ3v) is 10.7. The predicted octanol–water partition coefficient (Wildman–Crippen LogP) is 5.57. The molecule has 4 N–H and O–H groups in total.